The van der Waals surface area contributed by atoms with Crippen LogP contribution < -0.4 is 16.2 Å². The lowest BCUT2D eigenvalue weighted by molar-refractivity contribution is 0.100. The largest absolute Gasteiger partial charge is 0.494 e. The summed E-state index contributed by atoms with van der Waals surface area (Å²) in [6.45, 7) is 8.60. The van der Waals surface area contributed by atoms with Crippen LogP contribution in [0.1, 0.15) is 44.5 Å². The number of rotatable bonds is 5. The molecule has 0 spiro atoms. The van der Waals surface area contributed by atoms with Crippen LogP contribution in [0.2, 0.25) is 0 Å². The first-order chi connectivity index (χ1) is 12.7. The standard InChI is InChI=1S/C20H25N5O2/c1-5-8-27-14-7-6-12-9-13(11-23-15(12)10-14)17-16(19(22)26)18(21)25(24-17)20(2,3)4/h6-7,9-11H,5,8,21H2,1-4H3,(H2,22,26). The lowest BCUT2D eigenvalue weighted by Gasteiger charge is -2.20. The van der Waals surface area contributed by atoms with E-state index in [0.717, 1.165) is 23.1 Å². The van der Waals surface area contributed by atoms with E-state index in [4.69, 9.17) is 16.2 Å². The molecule has 1 aromatic carbocycles. The molecule has 0 fully saturated rings. The van der Waals surface area contributed by atoms with Crippen molar-refractivity contribution in [3.05, 3.63) is 36.0 Å². The minimum Gasteiger partial charge on any atom is -0.494 e. The summed E-state index contributed by atoms with van der Waals surface area (Å²) in [6.07, 6.45) is 2.62. The van der Waals surface area contributed by atoms with Crippen LogP contribution in [0.4, 0.5) is 5.82 Å². The molecule has 0 atom stereocenters. The topological polar surface area (TPSA) is 109 Å². The molecular weight excluding hydrogens is 342 g/mol. The maximum absolute atomic E-state index is 12.0. The minimum absolute atomic E-state index is 0.217. The summed E-state index contributed by atoms with van der Waals surface area (Å²) in [6, 6.07) is 7.66. The summed E-state index contributed by atoms with van der Waals surface area (Å²) in [7, 11) is 0. The fraction of sp³-hybridized carbons (Fsp3) is 0.350. The Morgan fingerprint density at radius 3 is 2.63 bits per heavy atom. The van der Waals surface area contributed by atoms with Crippen molar-refractivity contribution in [2.24, 2.45) is 5.73 Å². The van der Waals surface area contributed by atoms with E-state index in [9.17, 15) is 4.79 Å². The van der Waals surface area contributed by atoms with Gasteiger partial charge in [0.1, 0.15) is 22.8 Å². The molecule has 4 N–H and O–H groups in total. The molecule has 0 radical (unpaired) electrons. The Kier molecular flexibility index (Phi) is 4.78. The van der Waals surface area contributed by atoms with Gasteiger partial charge >= 0.3 is 0 Å². The molecule has 3 rings (SSSR count). The summed E-state index contributed by atoms with van der Waals surface area (Å²) in [4.78, 5) is 16.5. The molecule has 2 heterocycles. The maximum atomic E-state index is 12.0. The molecule has 0 saturated heterocycles. The molecular formula is C20H25N5O2. The highest BCUT2D eigenvalue weighted by atomic mass is 16.5. The van der Waals surface area contributed by atoms with E-state index in [1.807, 2.05) is 45.0 Å². The number of carbonyl (C=O) groups excluding carboxylic acids is 1. The average Bonchev–Trinajstić information content (AvgIpc) is 2.97. The van der Waals surface area contributed by atoms with Gasteiger partial charge in [-0.05, 0) is 45.4 Å². The Balaban J connectivity index is 2.11. The highest BCUT2D eigenvalue weighted by Gasteiger charge is 2.27. The molecule has 0 aliphatic carbocycles. The third-order valence-electron chi connectivity index (χ3n) is 4.20. The van der Waals surface area contributed by atoms with E-state index in [2.05, 4.69) is 17.0 Å². The first kappa shape index (κ1) is 18.7. The van der Waals surface area contributed by atoms with Crippen molar-refractivity contribution in [2.45, 2.75) is 39.7 Å². The van der Waals surface area contributed by atoms with Gasteiger partial charge in [-0.2, -0.15) is 5.10 Å². The maximum Gasteiger partial charge on any atom is 0.254 e. The molecule has 7 nitrogen and oxygen atoms in total. The lowest BCUT2D eigenvalue weighted by atomic mass is 10.1. The van der Waals surface area contributed by atoms with E-state index >= 15 is 0 Å². The molecule has 0 aliphatic rings. The molecule has 0 saturated carbocycles. The summed E-state index contributed by atoms with van der Waals surface area (Å²) < 4.78 is 7.27. The molecule has 7 heteroatoms. The quantitative estimate of drug-likeness (QED) is 0.719. The Morgan fingerprint density at radius 2 is 2.00 bits per heavy atom. The van der Waals surface area contributed by atoms with Gasteiger partial charge in [0.15, 0.2) is 0 Å². The first-order valence-electron chi connectivity index (χ1n) is 8.94. The second-order valence-electron chi connectivity index (χ2n) is 7.48. The predicted octanol–water partition coefficient (Wildman–Crippen LogP) is 3.32. The lowest BCUT2D eigenvalue weighted by Crippen LogP contribution is -2.25. The number of carbonyl (C=O) groups is 1. The predicted molar refractivity (Wildman–Crippen MR) is 107 cm³/mol. The molecule has 27 heavy (non-hydrogen) atoms. The zero-order chi connectivity index (χ0) is 19.8. The summed E-state index contributed by atoms with van der Waals surface area (Å²) in [5.74, 6) is 0.429. The van der Waals surface area contributed by atoms with Crippen molar-refractivity contribution in [3.63, 3.8) is 0 Å². The average molecular weight is 367 g/mol. The van der Waals surface area contributed by atoms with Crippen molar-refractivity contribution >= 4 is 22.6 Å². The number of aromatic nitrogens is 3. The number of anilines is 1. The number of nitrogen functional groups attached to an aromatic ring is 1. The number of ether oxygens (including phenoxy) is 1. The molecule has 0 unspecified atom stereocenters. The van der Waals surface area contributed by atoms with E-state index in [1.54, 1.807) is 10.9 Å². The van der Waals surface area contributed by atoms with Gasteiger partial charge in [0.2, 0.25) is 0 Å². The van der Waals surface area contributed by atoms with Gasteiger partial charge < -0.3 is 16.2 Å². The highest BCUT2D eigenvalue weighted by molar-refractivity contribution is 6.03. The Bertz CT molecular complexity index is 1000. The van der Waals surface area contributed by atoms with Crippen LogP contribution in [0, 0.1) is 0 Å². The Morgan fingerprint density at radius 1 is 1.26 bits per heavy atom. The fourth-order valence-corrected chi connectivity index (χ4v) is 2.93. The normalized spacial score (nSPS) is 11.7. The smallest absolute Gasteiger partial charge is 0.254 e. The molecule has 0 aliphatic heterocycles. The number of nitrogens with zero attached hydrogens (tertiary/aromatic N) is 3. The number of benzene rings is 1. The molecule has 3 aromatic rings. The van der Waals surface area contributed by atoms with Crippen molar-refractivity contribution in [3.8, 4) is 17.0 Å². The van der Waals surface area contributed by atoms with Gasteiger partial charge in [-0.1, -0.05) is 6.92 Å². The monoisotopic (exact) mass is 367 g/mol. The van der Waals surface area contributed by atoms with Gasteiger partial charge in [-0.15, -0.1) is 0 Å². The van der Waals surface area contributed by atoms with Crippen molar-refractivity contribution in [2.75, 3.05) is 12.3 Å². The zero-order valence-electron chi connectivity index (χ0n) is 16.1. The zero-order valence-corrected chi connectivity index (χ0v) is 16.1. The van der Waals surface area contributed by atoms with Crippen molar-refractivity contribution < 1.29 is 9.53 Å². The Labute approximate surface area is 158 Å². The van der Waals surface area contributed by atoms with Gasteiger partial charge in [0, 0.05) is 23.2 Å². The second-order valence-corrected chi connectivity index (χ2v) is 7.48. The highest BCUT2D eigenvalue weighted by Crippen LogP contribution is 2.32. The fourth-order valence-electron chi connectivity index (χ4n) is 2.93. The number of hydrogen-bond donors (Lipinski definition) is 2. The molecule has 1 amide bonds. The van der Waals surface area contributed by atoms with Gasteiger partial charge in [0.05, 0.1) is 17.7 Å². The van der Waals surface area contributed by atoms with Gasteiger partial charge in [0.25, 0.3) is 5.91 Å². The van der Waals surface area contributed by atoms with Crippen LogP contribution in [-0.2, 0) is 5.54 Å². The molecule has 2 aromatic heterocycles. The van der Waals surface area contributed by atoms with Crippen molar-refractivity contribution in [1.29, 1.82) is 0 Å². The van der Waals surface area contributed by atoms with E-state index in [1.165, 1.54) is 0 Å². The first-order valence-corrected chi connectivity index (χ1v) is 8.94. The third-order valence-corrected chi connectivity index (χ3v) is 4.20. The number of nitrogens with two attached hydrogens (primary N) is 2. The molecule has 142 valence electrons. The van der Waals surface area contributed by atoms with Crippen LogP contribution in [0.3, 0.4) is 0 Å². The van der Waals surface area contributed by atoms with Crippen LogP contribution in [-0.4, -0.2) is 27.3 Å². The minimum atomic E-state index is -0.610. The van der Waals surface area contributed by atoms with E-state index < -0.39 is 5.91 Å². The Hall–Kier alpha value is -3.09. The number of hydrogen-bond acceptors (Lipinski definition) is 5. The van der Waals surface area contributed by atoms with Crippen LogP contribution >= 0.6 is 0 Å². The number of fused-ring (bicyclic) bond motifs is 1. The van der Waals surface area contributed by atoms with E-state index in [0.29, 0.717) is 17.9 Å². The summed E-state index contributed by atoms with van der Waals surface area (Å²) in [5.41, 5.74) is 13.5. The second kappa shape index (κ2) is 6.90. The number of pyridine rings is 1. The van der Waals surface area contributed by atoms with Crippen LogP contribution in [0.15, 0.2) is 30.5 Å². The van der Waals surface area contributed by atoms with Crippen LogP contribution in [0.5, 0.6) is 5.75 Å². The summed E-state index contributed by atoms with van der Waals surface area (Å²) in [5, 5.41) is 5.48. The number of amides is 1. The van der Waals surface area contributed by atoms with Gasteiger partial charge in [-0.25, -0.2) is 4.68 Å². The van der Waals surface area contributed by atoms with Crippen molar-refractivity contribution in [1.82, 2.24) is 14.8 Å². The number of primary amides is 1. The van der Waals surface area contributed by atoms with Crippen LogP contribution in [0.25, 0.3) is 22.2 Å². The SMILES string of the molecule is CCCOc1ccc2cc(-c3nn(C(C)(C)C)c(N)c3C(N)=O)cnc2c1. The van der Waals surface area contributed by atoms with E-state index in [-0.39, 0.29) is 16.9 Å². The summed E-state index contributed by atoms with van der Waals surface area (Å²) >= 11 is 0. The molecule has 0 bridgehead atoms. The third kappa shape index (κ3) is 3.58. The van der Waals surface area contributed by atoms with Gasteiger partial charge in [-0.3, -0.25) is 9.78 Å².